The van der Waals surface area contributed by atoms with E-state index in [1.165, 1.54) is 37.3 Å². The van der Waals surface area contributed by atoms with Crippen LogP contribution in [0, 0.1) is 16.7 Å². The van der Waals surface area contributed by atoms with Crippen LogP contribution in [0.4, 0.5) is 0 Å². The van der Waals surface area contributed by atoms with Crippen LogP contribution in [0.5, 0.6) is 11.5 Å². The summed E-state index contributed by atoms with van der Waals surface area (Å²) in [5.74, 6) is -3.66. The van der Waals surface area contributed by atoms with Crippen LogP contribution in [0.2, 0.25) is 0 Å². The van der Waals surface area contributed by atoms with Crippen LogP contribution in [0.3, 0.4) is 0 Å². The van der Waals surface area contributed by atoms with E-state index in [2.05, 4.69) is 20.8 Å². The van der Waals surface area contributed by atoms with E-state index in [1.807, 2.05) is 4.90 Å². The zero-order chi connectivity index (χ0) is 35.9. The number of nitrogens with zero attached hydrogens (tertiary/aromatic N) is 2. The summed E-state index contributed by atoms with van der Waals surface area (Å²) in [6.45, 7) is 10.2. The van der Waals surface area contributed by atoms with Gasteiger partial charge in [-0.2, -0.15) is 0 Å². The van der Waals surface area contributed by atoms with Crippen molar-refractivity contribution in [3.63, 3.8) is 0 Å². The normalized spacial score (nSPS) is 26.5. The molecule has 3 unspecified atom stereocenters. The van der Waals surface area contributed by atoms with Gasteiger partial charge in [-0.15, -0.1) is 0 Å². The number of esters is 3. The van der Waals surface area contributed by atoms with E-state index in [0.717, 1.165) is 26.2 Å². The smallest absolute Gasteiger partial charge is 0.354 e. The zero-order valence-electron chi connectivity index (χ0n) is 28.4. The summed E-state index contributed by atoms with van der Waals surface area (Å²) in [6.07, 6.45) is 2.02. The predicted molar refractivity (Wildman–Crippen MR) is 177 cm³/mol. The first-order chi connectivity index (χ1) is 23.6. The molecule has 3 aliphatic carbocycles. The topological polar surface area (TPSA) is 146 Å². The third kappa shape index (κ3) is 5.22. The molecule has 4 atom stereocenters. The number of fused-ring (bicyclic) bond motifs is 4. The minimum atomic E-state index is -0.950. The summed E-state index contributed by atoms with van der Waals surface area (Å²) >= 11 is 6.51. The highest BCUT2D eigenvalue weighted by Gasteiger charge is 2.63. The Morgan fingerprint density at radius 2 is 1.54 bits per heavy atom. The number of carbonyl (C=O) groups is 6. The van der Waals surface area contributed by atoms with Gasteiger partial charge in [0.2, 0.25) is 12.1 Å². The molecular formula is C37H37ClN2O10. The van der Waals surface area contributed by atoms with Crippen molar-refractivity contribution in [3.05, 3.63) is 68.9 Å². The first-order valence-corrected chi connectivity index (χ1v) is 17.1. The number of ether oxygens (including phenoxy) is 4. The van der Waals surface area contributed by atoms with Crippen LogP contribution in [0.1, 0.15) is 96.1 Å². The lowest BCUT2D eigenvalue weighted by Gasteiger charge is -2.41. The molecule has 2 heterocycles. The molecule has 2 aromatic rings. The Morgan fingerprint density at radius 3 is 2.16 bits per heavy atom. The number of piperazine rings is 1. The number of amides is 1. The number of carbonyl (C=O) groups excluding carboxylic acids is 6. The fourth-order valence-corrected chi connectivity index (χ4v) is 8.72. The molecule has 262 valence electrons. The Labute approximate surface area is 293 Å². The van der Waals surface area contributed by atoms with Crippen molar-refractivity contribution in [1.29, 1.82) is 0 Å². The van der Waals surface area contributed by atoms with Gasteiger partial charge in [-0.05, 0) is 54.2 Å². The molecule has 0 radical (unpaired) electrons. The summed E-state index contributed by atoms with van der Waals surface area (Å²) in [5, 5.41) is -0.0385. The van der Waals surface area contributed by atoms with Gasteiger partial charge in [-0.1, -0.05) is 44.5 Å². The standard InChI is InChI=1S/C37H37ClN2O10/c1-18(41)47-24-8-6-7-22-27(24)32(44)28-23(31(22)43)15-20(16-25(28)48-19(2)42)33(45)40-13-11-39(12-14-40)30-29(38)34(46)50-35(30)49-26-17-21-9-10-37(26,5)36(21,3)4/h6-8,15-16,21,26,35H,9-14,17H2,1-5H3/t21?,26-,35?,37?/m1/s1. The van der Waals surface area contributed by atoms with E-state index in [0.29, 0.717) is 24.7 Å². The van der Waals surface area contributed by atoms with E-state index in [4.69, 9.17) is 30.5 Å². The fourth-order valence-electron chi connectivity index (χ4n) is 8.46. The SMILES string of the molecule is CC(=O)Oc1cccc2c1C(=O)c1c(OC(C)=O)cc(C(=O)N3CCN(C4=C(Cl)C(=O)OC4O[C@@H]4CC5CCC4(C)C5(C)C)CC3)cc1C2=O. The van der Waals surface area contributed by atoms with Crippen molar-refractivity contribution in [1.82, 2.24) is 9.80 Å². The van der Waals surface area contributed by atoms with Gasteiger partial charge < -0.3 is 28.7 Å². The van der Waals surface area contributed by atoms with Crippen LogP contribution >= 0.6 is 11.6 Å². The van der Waals surface area contributed by atoms with Gasteiger partial charge in [-0.3, -0.25) is 24.0 Å². The van der Waals surface area contributed by atoms with Crippen molar-refractivity contribution in [3.8, 4) is 11.5 Å². The lowest BCUT2D eigenvalue weighted by atomic mass is 9.70. The summed E-state index contributed by atoms with van der Waals surface area (Å²) in [4.78, 5) is 81.4. The second-order valence-corrected chi connectivity index (χ2v) is 14.8. The molecule has 7 rings (SSSR count). The zero-order valence-corrected chi connectivity index (χ0v) is 29.2. The molecule has 1 amide bonds. The fraction of sp³-hybridized carbons (Fsp3) is 0.459. The van der Waals surface area contributed by atoms with E-state index in [1.54, 1.807) is 4.90 Å². The summed E-state index contributed by atoms with van der Waals surface area (Å²) in [5.41, 5.74) is 0.0739. The first kappa shape index (κ1) is 33.9. The molecule has 0 N–H and O–H groups in total. The van der Waals surface area contributed by atoms with Gasteiger partial charge in [0.1, 0.15) is 17.2 Å². The maximum Gasteiger partial charge on any atom is 0.354 e. The third-order valence-electron chi connectivity index (χ3n) is 11.6. The van der Waals surface area contributed by atoms with Gasteiger partial charge in [0.05, 0.1) is 17.2 Å². The lowest BCUT2D eigenvalue weighted by molar-refractivity contribution is -0.187. The monoisotopic (exact) mass is 704 g/mol. The maximum absolute atomic E-state index is 13.9. The molecule has 5 aliphatic rings. The quantitative estimate of drug-likeness (QED) is 0.261. The van der Waals surface area contributed by atoms with Crippen molar-refractivity contribution < 1.29 is 47.7 Å². The number of rotatable bonds is 6. The largest absolute Gasteiger partial charge is 0.426 e. The molecule has 0 aromatic heterocycles. The molecule has 2 bridgehead atoms. The average molecular weight is 705 g/mol. The third-order valence-corrected chi connectivity index (χ3v) is 11.9. The minimum Gasteiger partial charge on any atom is -0.426 e. The number of ketones is 2. The van der Waals surface area contributed by atoms with Crippen LogP contribution in [-0.4, -0.2) is 83.8 Å². The number of cyclic esters (lactones) is 1. The Morgan fingerprint density at radius 1 is 0.880 bits per heavy atom. The van der Waals surface area contributed by atoms with E-state index < -0.39 is 41.7 Å². The molecule has 50 heavy (non-hydrogen) atoms. The van der Waals surface area contributed by atoms with E-state index in [9.17, 15) is 28.8 Å². The predicted octanol–water partition coefficient (Wildman–Crippen LogP) is 4.64. The Kier molecular flexibility index (Phi) is 8.18. The van der Waals surface area contributed by atoms with Crippen molar-refractivity contribution in [2.24, 2.45) is 16.7 Å². The van der Waals surface area contributed by atoms with Gasteiger partial charge in [0.15, 0.2) is 10.8 Å². The van der Waals surface area contributed by atoms with Crippen LogP contribution in [0.25, 0.3) is 0 Å². The van der Waals surface area contributed by atoms with Crippen molar-refractivity contribution in [2.45, 2.75) is 66.3 Å². The van der Waals surface area contributed by atoms with Gasteiger partial charge in [-0.25, -0.2) is 4.79 Å². The summed E-state index contributed by atoms with van der Waals surface area (Å²) in [6, 6.07) is 6.89. The molecule has 2 aliphatic heterocycles. The van der Waals surface area contributed by atoms with Crippen LogP contribution < -0.4 is 9.47 Å². The summed E-state index contributed by atoms with van der Waals surface area (Å²) < 4.78 is 22.7. The van der Waals surface area contributed by atoms with E-state index >= 15 is 0 Å². The second kappa shape index (κ2) is 12.1. The molecule has 13 heteroatoms. The number of hydrogen-bond donors (Lipinski definition) is 0. The molecular weight excluding hydrogens is 668 g/mol. The van der Waals surface area contributed by atoms with Gasteiger partial charge >= 0.3 is 17.9 Å². The lowest BCUT2D eigenvalue weighted by Crippen LogP contribution is -2.50. The molecule has 2 aromatic carbocycles. The highest BCUT2D eigenvalue weighted by Crippen LogP contribution is 2.66. The Balaban J connectivity index is 1.11. The van der Waals surface area contributed by atoms with E-state index in [-0.39, 0.29) is 74.4 Å². The molecule has 2 saturated carbocycles. The molecule has 0 spiro atoms. The molecule has 3 fully saturated rings. The van der Waals surface area contributed by atoms with Crippen molar-refractivity contribution in [2.75, 3.05) is 26.2 Å². The van der Waals surface area contributed by atoms with Crippen LogP contribution in [-0.2, 0) is 23.9 Å². The van der Waals surface area contributed by atoms with Crippen molar-refractivity contribution >= 4 is 47.0 Å². The number of hydrogen-bond acceptors (Lipinski definition) is 11. The second-order valence-electron chi connectivity index (χ2n) is 14.4. The number of benzene rings is 2. The highest BCUT2D eigenvalue weighted by atomic mass is 35.5. The van der Waals surface area contributed by atoms with Crippen LogP contribution in [0.15, 0.2) is 41.1 Å². The Hall–Kier alpha value is -4.55. The average Bonchev–Trinajstić information content (AvgIpc) is 3.54. The summed E-state index contributed by atoms with van der Waals surface area (Å²) in [7, 11) is 0. The molecule has 1 saturated heterocycles. The highest BCUT2D eigenvalue weighted by molar-refractivity contribution is 6.42. The Bertz CT molecular complexity index is 1930. The molecule has 12 nitrogen and oxygen atoms in total. The first-order valence-electron chi connectivity index (χ1n) is 16.7. The van der Waals surface area contributed by atoms with Gasteiger partial charge in [0, 0.05) is 56.7 Å². The maximum atomic E-state index is 13.9. The number of halogens is 1. The minimum absolute atomic E-state index is 0.00788. The van der Waals surface area contributed by atoms with Gasteiger partial charge in [0.25, 0.3) is 5.91 Å².